The lowest BCUT2D eigenvalue weighted by molar-refractivity contribution is -0.145. The van der Waals surface area contributed by atoms with Gasteiger partial charge in [0.15, 0.2) is 11.5 Å². The van der Waals surface area contributed by atoms with Crippen LogP contribution in [0, 0.1) is 17.0 Å². The van der Waals surface area contributed by atoms with Gasteiger partial charge in [-0.2, -0.15) is 18.3 Å². The van der Waals surface area contributed by atoms with Gasteiger partial charge < -0.3 is 10.0 Å². The Morgan fingerprint density at radius 1 is 1.05 bits per heavy atom. The number of pyridine rings is 1. The van der Waals surface area contributed by atoms with Crippen LogP contribution in [0.1, 0.15) is 77.0 Å². The van der Waals surface area contributed by atoms with Crippen LogP contribution in [0.5, 0.6) is 0 Å². The number of carboxylic acids is 1. The summed E-state index contributed by atoms with van der Waals surface area (Å²) in [5, 5.41) is 12.7. The van der Waals surface area contributed by atoms with E-state index in [9.17, 15) is 41.4 Å². The van der Waals surface area contributed by atoms with Gasteiger partial charge in [0.2, 0.25) is 0 Å². The monoisotopic (exact) mass is 646 g/mol. The lowest BCUT2D eigenvalue weighted by Crippen LogP contribution is -2.37. The summed E-state index contributed by atoms with van der Waals surface area (Å²) in [6.07, 6.45) is -1.19. The molecule has 230 valence electrons. The molecular weight excluding hydrogens is 622 g/mol. The standard InChI is InChI=1S/C28H25Cl2F5N4O4/c1-27(9-23(41)42)4-2-18(3-5-27)39-25(28(33,34)35)19(10-37-39)26(43)38(13-15-6-16(31)8-17(32)7-15)14-22(40)24-20(29)11-36-12-21(24)30/h6-8,10-12,18H,2-5,9,13-14H2,1H3,(H,41,42)/t18-,27-. The molecule has 15 heteroatoms. The third-order valence-corrected chi connectivity index (χ3v) is 8.00. The minimum atomic E-state index is -5.05. The van der Waals surface area contributed by atoms with Gasteiger partial charge in [0.25, 0.3) is 5.91 Å². The fourth-order valence-corrected chi connectivity index (χ4v) is 5.96. The molecule has 0 unspecified atom stereocenters. The van der Waals surface area contributed by atoms with Crippen molar-refractivity contribution in [2.45, 2.75) is 57.8 Å². The second kappa shape index (κ2) is 12.6. The molecule has 0 atom stereocenters. The first-order valence-electron chi connectivity index (χ1n) is 13.0. The average Bonchev–Trinajstić information content (AvgIpc) is 3.33. The van der Waals surface area contributed by atoms with Gasteiger partial charge in [-0.25, -0.2) is 8.78 Å². The van der Waals surface area contributed by atoms with E-state index >= 15 is 0 Å². The second-order valence-electron chi connectivity index (χ2n) is 10.8. The molecule has 0 spiro atoms. The summed E-state index contributed by atoms with van der Waals surface area (Å²) in [6, 6.07) is 1.56. The van der Waals surface area contributed by atoms with Crippen molar-refractivity contribution in [1.82, 2.24) is 19.7 Å². The average molecular weight is 647 g/mol. The number of hydrogen-bond acceptors (Lipinski definition) is 5. The van der Waals surface area contributed by atoms with E-state index in [1.807, 2.05) is 0 Å². The number of carbonyl (C=O) groups is 3. The number of aromatic nitrogens is 3. The van der Waals surface area contributed by atoms with E-state index < -0.39 is 71.3 Å². The molecule has 1 saturated carbocycles. The number of alkyl halides is 3. The number of amides is 1. The highest BCUT2D eigenvalue weighted by Gasteiger charge is 2.44. The molecule has 4 rings (SSSR count). The van der Waals surface area contributed by atoms with Crippen LogP contribution in [0.2, 0.25) is 10.0 Å². The number of hydrogen-bond donors (Lipinski definition) is 1. The highest BCUT2D eigenvalue weighted by atomic mass is 35.5. The Balaban J connectivity index is 1.71. The molecule has 43 heavy (non-hydrogen) atoms. The topological polar surface area (TPSA) is 105 Å². The third kappa shape index (κ3) is 7.50. The van der Waals surface area contributed by atoms with Crippen molar-refractivity contribution in [2.75, 3.05) is 6.54 Å². The summed E-state index contributed by atoms with van der Waals surface area (Å²) in [4.78, 5) is 42.6. The van der Waals surface area contributed by atoms with Gasteiger partial charge in [-0.05, 0) is 48.8 Å². The highest BCUT2D eigenvalue weighted by Crippen LogP contribution is 2.45. The number of aliphatic carboxylic acids is 1. The van der Waals surface area contributed by atoms with Crippen LogP contribution in [0.25, 0.3) is 0 Å². The van der Waals surface area contributed by atoms with E-state index in [0.717, 1.165) is 30.7 Å². The Hall–Kier alpha value is -3.58. The highest BCUT2D eigenvalue weighted by molar-refractivity contribution is 6.39. The smallest absolute Gasteiger partial charge is 0.433 e. The molecule has 0 aliphatic heterocycles. The summed E-state index contributed by atoms with van der Waals surface area (Å²) in [5.74, 6) is -5.13. The number of rotatable bonds is 9. The van der Waals surface area contributed by atoms with Gasteiger partial charge in [-0.1, -0.05) is 30.1 Å². The van der Waals surface area contributed by atoms with Crippen molar-refractivity contribution in [2.24, 2.45) is 5.41 Å². The van der Waals surface area contributed by atoms with Crippen molar-refractivity contribution >= 4 is 40.9 Å². The first kappa shape index (κ1) is 32.3. The number of ketones is 1. The number of nitrogens with zero attached hydrogens (tertiary/aromatic N) is 4. The maximum Gasteiger partial charge on any atom is 0.433 e. The molecule has 0 radical (unpaired) electrons. The van der Waals surface area contributed by atoms with Crippen LogP contribution in [0.15, 0.2) is 36.8 Å². The van der Waals surface area contributed by atoms with Gasteiger partial charge in [0.1, 0.15) is 11.6 Å². The van der Waals surface area contributed by atoms with Gasteiger partial charge >= 0.3 is 12.1 Å². The fourth-order valence-electron chi connectivity index (χ4n) is 5.39. The zero-order valence-corrected chi connectivity index (χ0v) is 24.1. The summed E-state index contributed by atoms with van der Waals surface area (Å²) >= 11 is 12.1. The van der Waals surface area contributed by atoms with Crippen LogP contribution in [0.4, 0.5) is 22.0 Å². The maximum absolute atomic E-state index is 14.5. The molecule has 1 aliphatic rings. The number of benzene rings is 1. The summed E-state index contributed by atoms with van der Waals surface area (Å²) in [5.41, 5.74) is -3.19. The van der Waals surface area contributed by atoms with E-state index in [0.29, 0.717) is 28.5 Å². The minimum Gasteiger partial charge on any atom is -0.481 e. The van der Waals surface area contributed by atoms with E-state index in [-0.39, 0.29) is 40.4 Å². The number of halogens is 7. The molecule has 0 saturated heterocycles. The molecule has 0 bridgehead atoms. The van der Waals surface area contributed by atoms with Crippen LogP contribution in [-0.4, -0.2) is 49.0 Å². The summed E-state index contributed by atoms with van der Waals surface area (Å²) in [6.45, 7) is 0.268. The Morgan fingerprint density at radius 2 is 1.63 bits per heavy atom. The maximum atomic E-state index is 14.5. The predicted octanol–water partition coefficient (Wildman–Crippen LogP) is 7.00. The molecule has 2 aromatic heterocycles. The van der Waals surface area contributed by atoms with Gasteiger partial charge in [-0.3, -0.25) is 24.0 Å². The van der Waals surface area contributed by atoms with Crippen molar-refractivity contribution in [3.63, 3.8) is 0 Å². The zero-order chi connectivity index (χ0) is 31.7. The number of carboxylic acid groups (broad SMARTS) is 1. The van der Waals surface area contributed by atoms with Crippen LogP contribution >= 0.6 is 23.2 Å². The van der Waals surface area contributed by atoms with Crippen LogP contribution in [0.3, 0.4) is 0 Å². The summed E-state index contributed by atoms with van der Waals surface area (Å²) < 4.78 is 72.1. The molecule has 1 aromatic carbocycles. The van der Waals surface area contributed by atoms with E-state index in [1.165, 1.54) is 0 Å². The first-order valence-corrected chi connectivity index (χ1v) is 13.8. The zero-order valence-electron chi connectivity index (χ0n) is 22.6. The van der Waals surface area contributed by atoms with Crippen molar-refractivity contribution in [3.05, 3.63) is 80.9 Å². The molecule has 1 aliphatic carbocycles. The molecular formula is C28H25Cl2F5N4O4. The van der Waals surface area contributed by atoms with Crippen LogP contribution < -0.4 is 0 Å². The van der Waals surface area contributed by atoms with E-state index in [1.54, 1.807) is 6.92 Å². The quantitative estimate of drug-likeness (QED) is 0.198. The molecule has 8 nitrogen and oxygen atoms in total. The van der Waals surface area contributed by atoms with Crippen LogP contribution in [-0.2, 0) is 17.5 Å². The molecule has 1 fully saturated rings. The SMILES string of the molecule is C[C@]1(CC(=O)O)CC[C@H](n2ncc(C(=O)N(CC(=O)c3c(Cl)cncc3Cl)Cc3cc(F)cc(F)c3)c2C(F)(F)F)CC1. The lowest BCUT2D eigenvalue weighted by atomic mass is 9.72. The van der Waals surface area contributed by atoms with Gasteiger partial charge in [-0.15, -0.1) is 0 Å². The van der Waals surface area contributed by atoms with Gasteiger partial charge in [0, 0.05) is 25.0 Å². The van der Waals surface area contributed by atoms with E-state index in [4.69, 9.17) is 23.2 Å². The molecule has 1 amide bonds. The Kier molecular flexibility index (Phi) is 9.45. The molecule has 2 heterocycles. The van der Waals surface area contributed by atoms with Crippen molar-refractivity contribution in [3.8, 4) is 0 Å². The second-order valence-corrected chi connectivity index (χ2v) is 11.6. The number of carbonyl (C=O) groups excluding carboxylic acids is 2. The molecule has 3 aromatic rings. The predicted molar refractivity (Wildman–Crippen MR) is 145 cm³/mol. The third-order valence-electron chi connectivity index (χ3n) is 7.43. The van der Waals surface area contributed by atoms with Gasteiger partial charge in [0.05, 0.1) is 46.4 Å². The fraction of sp³-hybridized carbons (Fsp3) is 0.393. The van der Waals surface area contributed by atoms with Crippen molar-refractivity contribution in [1.29, 1.82) is 0 Å². The summed E-state index contributed by atoms with van der Waals surface area (Å²) in [7, 11) is 0. The largest absolute Gasteiger partial charge is 0.481 e. The molecule has 1 N–H and O–H groups in total. The normalized spacial score (nSPS) is 18.8. The Labute approximate surface area is 252 Å². The number of Topliss-reactive ketones (excluding diaryl/α,β-unsaturated/α-hetero) is 1. The lowest BCUT2D eigenvalue weighted by Gasteiger charge is -2.37. The first-order chi connectivity index (χ1) is 20.1. The minimum absolute atomic E-state index is 0.128. The van der Waals surface area contributed by atoms with Crippen molar-refractivity contribution < 1.29 is 41.4 Å². The Bertz CT molecular complexity index is 1510. The Morgan fingerprint density at radius 3 is 2.16 bits per heavy atom. The van der Waals surface area contributed by atoms with E-state index in [2.05, 4.69) is 10.1 Å².